The predicted octanol–water partition coefficient (Wildman–Crippen LogP) is 2.23. The van der Waals surface area contributed by atoms with E-state index in [0.29, 0.717) is 17.7 Å². The van der Waals surface area contributed by atoms with E-state index in [-0.39, 0.29) is 30.8 Å². The molecule has 0 aliphatic rings. The second-order valence-electron chi connectivity index (χ2n) is 5.69. The molecule has 0 heterocycles. The zero-order valence-corrected chi connectivity index (χ0v) is 13.7. The van der Waals surface area contributed by atoms with Crippen LogP contribution >= 0.6 is 0 Å². The van der Waals surface area contributed by atoms with Gasteiger partial charge in [0, 0.05) is 12.1 Å². The number of hydrogen-bond donors (Lipinski definition) is 2. The van der Waals surface area contributed by atoms with Gasteiger partial charge in [0.1, 0.15) is 0 Å². The van der Waals surface area contributed by atoms with Gasteiger partial charge in [-0.25, -0.2) is 0 Å². The molecular weight excluding hydrogens is 282 g/mol. The Hall–Kier alpha value is -1.88. The van der Waals surface area contributed by atoms with E-state index in [9.17, 15) is 14.7 Å². The third-order valence-corrected chi connectivity index (χ3v) is 3.75. The van der Waals surface area contributed by atoms with Gasteiger partial charge in [0.25, 0.3) is 5.91 Å². The lowest BCUT2D eigenvalue weighted by atomic mass is 9.84. The van der Waals surface area contributed by atoms with E-state index in [0.717, 1.165) is 0 Å². The van der Waals surface area contributed by atoms with Crippen molar-refractivity contribution in [3.05, 3.63) is 35.4 Å². The number of carbonyl (C=O) groups is 2. The topological polar surface area (TPSA) is 75.6 Å². The minimum absolute atomic E-state index is 0.0228. The van der Waals surface area contributed by atoms with Gasteiger partial charge in [0.05, 0.1) is 18.6 Å². The third kappa shape index (κ3) is 4.84. The Labute approximate surface area is 131 Å². The smallest absolute Gasteiger partial charge is 0.307 e. The van der Waals surface area contributed by atoms with Crippen LogP contribution in [0.2, 0.25) is 0 Å². The Kier molecular flexibility index (Phi) is 6.56. The van der Waals surface area contributed by atoms with Crippen LogP contribution in [0.1, 0.15) is 50.0 Å². The van der Waals surface area contributed by atoms with Crippen LogP contribution in [0.5, 0.6) is 0 Å². The first-order valence-corrected chi connectivity index (χ1v) is 7.55. The van der Waals surface area contributed by atoms with E-state index < -0.39 is 5.60 Å². The van der Waals surface area contributed by atoms with Crippen molar-refractivity contribution < 1.29 is 19.4 Å². The zero-order valence-electron chi connectivity index (χ0n) is 13.7. The second-order valence-corrected chi connectivity index (χ2v) is 5.69. The van der Waals surface area contributed by atoms with Gasteiger partial charge in [0.2, 0.25) is 0 Å². The summed E-state index contributed by atoms with van der Waals surface area (Å²) in [5, 5.41) is 13.2. The van der Waals surface area contributed by atoms with Gasteiger partial charge >= 0.3 is 5.97 Å². The number of rotatable bonds is 7. The van der Waals surface area contributed by atoms with Crippen LogP contribution in [0, 0.1) is 5.92 Å². The fraction of sp³-hybridized carbons (Fsp3) is 0.529. The molecule has 2 N–H and O–H groups in total. The quantitative estimate of drug-likeness (QED) is 0.758. The van der Waals surface area contributed by atoms with Crippen LogP contribution in [-0.2, 0) is 15.1 Å². The molecule has 22 heavy (non-hydrogen) atoms. The molecule has 1 rings (SSSR count). The number of aliphatic hydroxyl groups is 1. The highest BCUT2D eigenvalue weighted by molar-refractivity contribution is 5.94. The van der Waals surface area contributed by atoms with Crippen LogP contribution in [0.15, 0.2) is 24.3 Å². The van der Waals surface area contributed by atoms with Crippen molar-refractivity contribution in [2.24, 2.45) is 5.92 Å². The van der Waals surface area contributed by atoms with Gasteiger partial charge in [-0.3, -0.25) is 9.59 Å². The van der Waals surface area contributed by atoms with Gasteiger partial charge in [-0.1, -0.05) is 26.0 Å². The van der Waals surface area contributed by atoms with Crippen LogP contribution in [0.3, 0.4) is 0 Å². The number of esters is 1. The van der Waals surface area contributed by atoms with E-state index >= 15 is 0 Å². The molecule has 0 aliphatic heterocycles. The molecule has 0 bridgehead atoms. The average Bonchev–Trinajstić information content (AvgIpc) is 2.47. The largest absolute Gasteiger partial charge is 0.466 e. The average molecular weight is 307 g/mol. The SMILES string of the molecule is CCOC(=O)CCNC(=O)c1cccc(C(C)(O)C(C)C)c1. The molecule has 0 aliphatic carbocycles. The lowest BCUT2D eigenvalue weighted by Crippen LogP contribution is -2.30. The number of hydrogen-bond acceptors (Lipinski definition) is 4. The molecule has 0 saturated heterocycles. The highest BCUT2D eigenvalue weighted by atomic mass is 16.5. The fourth-order valence-electron chi connectivity index (χ4n) is 1.92. The molecule has 0 aromatic heterocycles. The van der Waals surface area contributed by atoms with Crippen molar-refractivity contribution in [3.63, 3.8) is 0 Å². The number of carbonyl (C=O) groups excluding carboxylic acids is 2. The van der Waals surface area contributed by atoms with Crippen molar-refractivity contribution in [1.29, 1.82) is 0 Å². The van der Waals surface area contributed by atoms with Gasteiger partial charge in [-0.05, 0) is 37.5 Å². The van der Waals surface area contributed by atoms with Crippen LogP contribution in [-0.4, -0.2) is 30.1 Å². The van der Waals surface area contributed by atoms with Crippen LogP contribution < -0.4 is 5.32 Å². The minimum Gasteiger partial charge on any atom is -0.466 e. The normalized spacial score (nSPS) is 13.5. The molecule has 5 nitrogen and oxygen atoms in total. The van der Waals surface area contributed by atoms with Crippen molar-refractivity contribution in [2.75, 3.05) is 13.2 Å². The first kappa shape index (κ1) is 18.2. The maximum Gasteiger partial charge on any atom is 0.307 e. The van der Waals surface area contributed by atoms with Crippen molar-refractivity contribution in [2.45, 2.75) is 39.7 Å². The summed E-state index contributed by atoms with van der Waals surface area (Å²) in [7, 11) is 0. The van der Waals surface area contributed by atoms with Crippen LogP contribution in [0.4, 0.5) is 0 Å². The van der Waals surface area contributed by atoms with Crippen molar-refractivity contribution >= 4 is 11.9 Å². The van der Waals surface area contributed by atoms with E-state index in [2.05, 4.69) is 5.32 Å². The summed E-state index contributed by atoms with van der Waals surface area (Å²) in [5.74, 6) is -0.584. The summed E-state index contributed by atoms with van der Waals surface area (Å²) in [6.45, 7) is 7.87. The minimum atomic E-state index is -0.999. The molecule has 0 saturated carbocycles. The van der Waals surface area contributed by atoms with E-state index in [4.69, 9.17) is 4.74 Å². The Balaban J connectivity index is 2.69. The molecule has 1 amide bonds. The van der Waals surface area contributed by atoms with Gasteiger partial charge in [-0.15, -0.1) is 0 Å². The van der Waals surface area contributed by atoms with Gasteiger partial charge < -0.3 is 15.2 Å². The van der Waals surface area contributed by atoms with Crippen LogP contribution in [0.25, 0.3) is 0 Å². The van der Waals surface area contributed by atoms with Gasteiger partial charge in [-0.2, -0.15) is 0 Å². The first-order chi connectivity index (χ1) is 10.3. The summed E-state index contributed by atoms with van der Waals surface area (Å²) in [6.07, 6.45) is 0.142. The highest BCUT2D eigenvalue weighted by Crippen LogP contribution is 2.29. The molecule has 1 aromatic carbocycles. The third-order valence-electron chi connectivity index (χ3n) is 3.75. The molecule has 1 unspecified atom stereocenters. The molecule has 0 spiro atoms. The predicted molar refractivity (Wildman–Crippen MR) is 84.4 cm³/mol. The summed E-state index contributed by atoms with van der Waals surface area (Å²) in [4.78, 5) is 23.3. The Morgan fingerprint density at radius 1 is 1.36 bits per heavy atom. The van der Waals surface area contributed by atoms with Crippen molar-refractivity contribution in [3.8, 4) is 0 Å². The molecule has 1 aromatic rings. The van der Waals surface area contributed by atoms with Crippen molar-refractivity contribution in [1.82, 2.24) is 5.32 Å². The molecular formula is C17H25NO4. The number of ether oxygens (including phenoxy) is 1. The number of amides is 1. The molecule has 122 valence electrons. The number of nitrogens with one attached hydrogen (secondary N) is 1. The first-order valence-electron chi connectivity index (χ1n) is 7.55. The molecule has 0 radical (unpaired) electrons. The highest BCUT2D eigenvalue weighted by Gasteiger charge is 2.27. The fourth-order valence-corrected chi connectivity index (χ4v) is 1.92. The number of benzene rings is 1. The molecule has 1 atom stereocenters. The zero-order chi connectivity index (χ0) is 16.8. The molecule has 0 fully saturated rings. The lowest BCUT2D eigenvalue weighted by Gasteiger charge is -2.28. The Morgan fingerprint density at radius 3 is 2.64 bits per heavy atom. The maximum atomic E-state index is 12.1. The Bertz CT molecular complexity index is 523. The standard InChI is InChI=1S/C17H25NO4/c1-5-22-15(19)9-10-18-16(20)13-7-6-8-14(11-13)17(4,21)12(2)3/h6-8,11-12,21H,5,9-10H2,1-4H3,(H,18,20). The lowest BCUT2D eigenvalue weighted by molar-refractivity contribution is -0.142. The maximum absolute atomic E-state index is 12.1. The summed E-state index contributed by atoms with van der Waals surface area (Å²) < 4.78 is 4.80. The summed E-state index contributed by atoms with van der Waals surface area (Å²) in [6, 6.07) is 6.90. The summed E-state index contributed by atoms with van der Waals surface area (Å²) in [5.41, 5.74) is 0.157. The Morgan fingerprint density at radius 2 is 2.05 bits per heavy atom. The summed E-state index contributed by atoms with van der Waals surface area (Å²) >= 11 is 0. The van der Waals surface area contributed by atoms with Gasteiger partial charge in [0.15, 0.2) is 0 Å². The van der Waals surface area contributed by atoms with E-state index in [1.807, 2.05) is 13.8 Å². The molecule has 5 heteroatoms. The monoisotopic (exact) mass is 307 g/mol. The second kappa shape index (κ2) is 7.94. The van der Waals surface area contributed by atoms with E-state index in [1.165, 1.54) is 0 Å². The van der Waals surface area contributed by atoms with E-state index in [1.54, 1.807) is 38.1 Å².